The van der Waals surface area contributed by atoms with Gasteiger partial charge in [-0.1, -0.05) is 94.4 Å². The summed E-state index contributed by atoms with van der Waals surface area (Å²) in [6.45, 7) is 11.5. The van der Waals surface area contributed by atoms with Crippen LogP contribution in [0.25, 0.3) is 83.1 Å². The number of pyridine rings is 1. The number of furan rings is 1. The van der Waals surface area contributed by atoms with Gasteiger partial charge in [-0.15, -0.1) is 0 Å². The van der Waals surface area contributed by atoms with Crippen molar-refractivity contribution in [2.24, 2.45) is 14.1 Å². The highest BCUT2D eigenvalue weighted by molar-refractivity contribution is 6.20. The van der Waals surface area contributed by atoms with Crippen molar-refractivity contribution in [3.8, 4) is 28.2 Å². The van der Waals surface area contributed by atoms with E-state index in [9.17, 15) is 0 Å². The van der Waals surface area contributed by atoms with Crippen molar-refractivity contribution in [2.75, 3.05) is 0 Å². The molecule has 4 heterocycles. The third-order valence-electron chi connectivity index (χ3n) is 10.7. The normalized spacial score (nSPS) is 12.3. The number of aryl methyl sites for hydroxylation is 3. The summed E-state index contributed by atoms with van der Waals surface area (Å²) < 4.78 is 14.2. The molecule has 0 radical (unpaired) electrons. The van der Waals surface area contributed by atoms with Gasteiger partial charge in [-0.25, -0.2) is 4.57 Å². The molecule has 0 aliphatic rings. The second-order valence-electron chi connectivity index (χ2n) is 14.4. The number of benzene rings is 5. The zero-order chi connectivity index (χ0) is 34.4. The number of aromatic nitrogens is 4. The maximum atomic E-state index is 7.11. The lowest BCUT2D eigenvalue weighted by molar-refractivity contribution is -0.633. The van der Waals surface area contributed by atoms with Gasteiger partial charge in [-0.2, -0.15) is 4.57 Å². The van der Waals surface area contributed by atoms with Crippen LogP contribution >= 0.6 is 0 Å². The fourth-order valence-corrected chi connectivity index (χ4v) is 8.21. The Bertz CT molecular complexity index is 2760. The van der Waals surface area contributed by atoms with Crippen LogP contribution in [-0.2, 0) is 14.1 Å². The number of hydrogen-bond acceptors (Lipinski definition) is 2. The Morgan fingerprint density at radius 1 is 0.680 bits per heavy atom. The van der Waals surface area contributed by atoms with Gasteiger partial charge in [0.05, 0.1) is 12.6 Å². The van der Waals surface area contributed by atoms with Gasteiger partial charge in [0.15, 0.2) is 22.2 Å². The minimum atomic E-state index is 0.289. The zero-order valence-electron chi connectivity index (χ0n) is 29.7. The molecule has 5 aromatic carbocycles. The SMILES string of the molecule is Cc1ccc2c(oc3c2ncc2c4ccccc4n(C)c23)c1-c1n(-c2c(C(C)C)cc(-c3ccccc3)cc2C(C)C)c2ccccc2[n+]1C. The van der Waals surface area contributed by atoms with Crippen molar-refractivity contribution in [1.29, 1.82) is 0 Å². The van der Waals surface area contributed by atoms with Gasteiger partial charge in [0.2, 0.25) is 0 Å². The van der Waals surface area contributed by atoms with Crippen LogP contribution in [-0.4, -0.2) is 14.1 Å². The molecule has 0 atom stereocenters. The van der Waals surface area contributed by atoms with Gasteiger partial charge in [0.25, 0.3) is 5.82 Å². The molecule has 9 aromatic rings. The minimum absolute atomic E-state index is 0.289. The standard InChI is InChI=1S/C45H41N4O/c1-26(2)33-23-30(29-15-9-8-10-16-29)24-34(27(3)4)41(33)49-38-20-14-13-19-37(38)48(7)45(49)39-28(5)21-22-32-40-44(50-43(32)39)42-35(25-46-40)31-17-11-12-18-36(31)47(42)6/h8-27H,1-7H3/q+1. The monoisotopic (exact) mass is 653 g/mol. The van der Waals surface area contributed by atoms with Gasteiger partial charge in [-0.05, 0) is 71.8 Å². The van der Waals surface area contributed by atoms with E-state index < -0.39 is 0 Å². The molecule has 0 amide bonds. The van der Waals surface area contributed by atoms with E-state index in [0.29, 0.717) is 0 Å². The van der Waals surface area contributed by atoms with E-state index in [1.165, 1.54) is 49.9 Å². The smallest absolute Gasteiger partial charge is 0.299 e. The number of para-hydroxylation sites is 3. The van der Waals surface area contributed by atoms with Crippen molar-refractivity contribution in [3.05, 3.63) is 126 Å². The summed E-state index contributed by atoms with van der Waals surface area (Å²) in [5, 5.41) is 3.32. The fraction of sp³-hybridized carbons (Fsp3) is 0.200. The Hall–Kier alpha value is -5.68. The van der Waals surface area contributed by atoms with Crippen LogP contribution < -0.4 is 4.57 Å². The first-order valence-electron chi connectivity index (χ1n) is 17.7. The predicted octanol–water partition coefficient (Wildman–Crippen LogP) is 11.3. The van der Waals surface area contributed by atoms with E-state index in [-0.39, 0.29) is 11.8 Å². The van der Waals surface area contributed by atoms with Crippen LogP contribution in [0.4, 0.5) is 0 Å². The number of rotatable bonds is 5. The molecule has 0 bridgehead atoms. The summed E-state index contributed by atoms with van der Waals surface area (Å²) in [6.07, 6.45) is 2.02. The lowest BCUT2D eigenvalue weighted by atomic mass is 9.88. The molecule has 0 spiro atoms. The van der Waals surface area contributed by atoms with Crippen LogP contribution in [0.3, 0.4) is 0 Å². The molecule has 0 aliphatic heterocycles. The van der Waals surface area contributed by atoms with Gasteiger partial charge in [0, 0.05) is 46.0 Å². The van der Waals surface area contributed by atoms with Crippen molar-refractivity contribution in [3.63, 3.8) is 0 Å². The highest BCUT2D eigenvalue weighted by Crippen LogP contribution is 2.44. The molecule has 246 valence electrons. The molecule has 4 aromatic heterocycles. The van der Waals surface area contributed by atoms with Crippen LogP contribution in [0.5, 0.6) is 0 Å². The molecule has 5 nitrogen and oxygen atoms in total. The summed E-state index contributed by atoms with van der Waals surface area (Å²) in [5.74, 6) is 1.67. The minimum Gasteiger partial charge on any atom is -0.451 e. The largest absolute Gasteiger partial charge is 0.451 e. The maximum absolute atomic E-state index is 7.11. The van der Waals surface area contributed by atoms with Crippen LogP contribution in [0.15, 0.2) is 114 Å². The van der Waals surface area contributed by atoms with Crippen LogP contribution in [0.2, 0.25) is 0 Å². The molecule has 0 saturated carbocycles. The zero-order valence-corrected chi connectivity index (χ0v) is 29.7. The van der Waals surface area contributed by atoms with E-state index in [1.54, 1.807) is 0 Å². The summed E-state index contributed by atoms with van der Waals surface area (Å²) in [7, 11) is 4.32. The number of fused-ring (bicyclic) bond motifs is 8. The molecule has 5 heteroatoms. The number of hydrogen-bond donors (Lipinski definition) is 0. The molecule has 0 unspecified atom stereocenters. The van der Waals surface area contributed by atoms with Gasteiger partial charge in [-0.3, -0.25) is 4.98 Å². The van der Waals surface area contributed by atoms with Crippen molar-refractivity contribution in [1.82, 2.24) is 14.1 Å². The lowest BCUT2D eigenvalue weighted by Crippen LogP contribution is -2.30. The lowest BCUT2D eigenvalue weighted by Gasteiger charge is -2.21. The van der Waals surface area contributed by atoms with E-state index in [0.717, 1.165) is 49.9 Å². The van der Waals surface area contributed by atoms with Gasteiger partial charge >= 0.3 is 0 Å². The van der Waals surface area contributed by atoms with Crippen molar-refractivity contribution in [2.45, 2.75) is 46.5 Å². The Labute approximate surface area is 292 Å². The van der Waals surface area contributed by atoms with E-state index >= 15 is 0 Å². The summed E-state index contributed by atoms with van der Waals surface area (Å²) in [5.41, 5.74) is 15.8. The molecular weight excluding hydrogens is 613 g/mol. The van der Waals surface area contributed by atoms with Crippen LogP contribution in [0, 0.1) is 6.92 Å². The average Bonchev–Trinajstić information content (AvgIpc) is 3.75. The Morgan fingerprint density at radius 3 is 2.06 bits per heavy atom. The van der Waals surface area contributed by atoms with Crippen molar-refractivity contribution < 1.29 is 8.98 Å². The molecule has 0 saturated heterocycles. The molecule has 0 aliphatic carbocycles. The average molecular weight is 654 g/mol. The molecule has 50 heavy (non-hydrogen) atoms. The predicted molar refractivity (Wildman–Crippen MR) is 207 cm³/mol. The van der Waals surface area contributed by atoms with E-state index in [1.807, 2.05) is 6.20 Å². The van der Waals surface area contributed by atoms with E-state index in [4.69, 9.17) is 9.40 Å². The summed E-state index contributed by atoms with van der Waals surface area (Å²) in [4.78, 5) is 5.06. The second-order valence-corrected chi connectivity index (χ2v) is 14.4. The van der Waals surface area contributed by atoms with E-state index in [2.05, 4.69) is 166 Å². The molecular formula is C45H41N4O+. The van der Waals surface area contributed by atoms with Crippen LogP contribution in [0.1, 0.15) is 56.2 Å². The molecule has 9 rings (SSSR count). The van der Waals surface area contributed by atoms with Gasteiger partial charge in [0.1, 0.15) is 16.8 Å². The first-order chi connectivity index (χ1) is 24.2. The second kappa shape index (κ2) is 11.2. The maximum Gasteiger partial charge on any atom is 0.299 e. The third-order valence-corrected chi connectivity index (χ3v) is 10.7. The number of nitrogens with zero attached hydrogens (tertiary/aromatic N) is 4. The first kappa shape index (κ1) is 30.4. The fourth-order valence-electron chi connectivity index (χ4n) is 8.21. The van der Waals surface area contributed by atoms with Gasteiger partial charge < -0.3 is 8.98 Å². The summed E-state index contributed by atoms with van der Waals surface area (Å²) in [6, 6.07) is 37.3. The van der Waals surface area contributed by atoms with Crippen molar-refractivity contribution >= 4 is 54.9 Å². The highest BCUT2D eigenvalue weighted by atomic mass is 16.3. The molecule has 0 N–H and O–H groups in total. The molecule has 0 fully saturated rings. The quantitative estimate of drug-likeness (QED) is 0.173. The Morgan fingerprint density at radius 2 is 1.34 bits per heavy atom. The third kappa shape index (κ3) is 4.25. The first-order valence-corrected chi connectivity index (χ1v) is 17.7. The summed E-state index contributed by atoms with van der Waals surface area (Å²) >= 11 is 0. The highest BCUT2D eigenvalue weighted by Gasteiger charge is 2.34. The number of imidazole rings is 1. The Balaban J connectivity index is 1.42. The Kier molecular flexibility index (Phi) is 6.79. The topological polar surface area (TPSA) is 39.8 Å².